The lowest BCUT2D eigenvalue weighted by molar-refractivity contribution is 0.223. The van der Waals surface area contributed by atoms with E-state index in [0.29, 0.717) is 12.5 Å². The van der Waals surface area contributed by atoms with Crippen LogP contribution in [0.5, 0.6) is 0 Å². The minimum atomic E-state index is -0.339. The summed E-state index contributed by atoms with van der Waals surface area (Å²) >= 11 is 0. The van der Waals surface area contributed by atoms with Gasteiger partial charge in [-0.2, -0.15) is 0 Å². The molecule has 0 aliphatic heterocycles. The van der Waals surface area contributed by atoms with E-state index >= 15 is 0 Å². The molecule has 0 bridgehead atoms. The van der Waals surface area contributed by atoms with Crippen LogP contribution in [-0.4, -0.2) is 12.6 Å². The highest BCUT2D eigenvalue weighted by atomic mass is 19.1. The van der Waals surface area contributed by atoms with Crippen molar-refractivity contribution in [2.24, 2.45) is 5.92 Å². The topological polar surface area (TPSA) is 41.1 Å². The van der Waals surface area contributed by atoms with Crippen LogP contribution in [0.25, 0.3) is 0 Å². The van der Waals surface area contributed by atoms with Gasteiger partial charge in [0.2, 0.25) is 0 Å². The highest BCUT2D eigenvalue weighted by molar-refractivity contribution is 5.75. The van der Waals surface area contributed by atoms with Gasteiger partial charge in [-0.1, -0.05) is 38.8 Å². The summed E-state index contributed by atoms with van der Waals surface area (Å²) in [6, 6.07) is 6.35. The Morgan fingerprint density at radius 2 is 1.85 bits per heavy atom. The van der Waals surface area contributed by atoms with Crippen molar-refractivity contribution in [2.45, 2.75) is 45.1 Å². The SMILES string of the molecule is CC(C)CNC(=O)NC1(c2ccc(F)cc2)CCCC1. The van der Waals surface area contributed by atoms with Crippen molar-refractivity contribution in [1.82, 2.24) is 10.6 Å². The van der Waals surface area contributed by atoms with Gasteiger partial charge in [-0.3, -0.25) is 0 Å². The van der Waals surface area contributed by atoms with Crippen LogP contribution in [0, 0.1) is 11.7 Å². The molecule has 0 unspecified atom stereocenters. The number of carbonyl (C=O) groups is 1. The van der Waals surface area contributed by atoms with Gasteiger partial charge in [-0.25, -0.2) is 9.18 Å². The Morgan fingerprint density at radius 3 is 2.40 bits per heavy atom. The zero-order valence-corrected chi connectivity index (χ0v) is 12.2. The molecular weight excluding hydrogens is 255 g/mol. The van der Waals surface area contributed by atoms with Gasteiger partial charge >= 0.3 is 6.03 Å². The number of carbonyl (C=O) groups excluding carboxylic acids is 1. The molecule has 4 heteroatoms. The van der Waals surface area contributed by atoms with Gasteiger partial charge in [0, 0.05) is 6.54 Å². The zero-order chi connectivity index (χ0) is 14.6. The highest BCUT2D eigenvalue weighted by Crippen LogP contribution is 2.38. The molecular formula is C16H23FN2O. The summed E-state index contributed by atoms with van der Waals surface area (Å²) in [5, 5.41) is 6.00. The third-order valence-corrected chi connectivity index (χ3v) is 3.88. The molecule has 1 aliphatic rings. The summed E-state index contributed by atoms with van der Waals surface area (Å²) in [5.74, 6) is 0.178. The van der Waals surface area contributed by atoms with Gasteiger partial charge in [0.05, 0.1) is 5.54 Å². The van der Waals surface area contributed by atoms with Crippen LogP contribution < -0.4 is 10.6 Å². The second-order valence-corrected chi connectivity index (χ2v) is 6.02. The number of rotatable bonds is 4. The number of nitrogens with one attached hydrogen (secondary N) is 2. The molecule has 2 amide bonds. The maximum Gasteiger partial charge on any atom is 0.315 e. The normalized spacial score (nSPS) is 17.2. The van der Waals surface area contributed by atoms with Crippen molar-refractivity contribution in [3.8, 4) is 0 Å². The lowest BCUT2D eigenvalue weighted by atomic mass is 9.88. The maximum absolute atomic E-state index is 13.1. The van der Waals surface area contributed by atoms with Gasteiger partial charge in [0.15, 0.2) is 0 Å². The quantitative estimate of drug-likeness (QED) is 0.869. The summed E-state index contributed by atoms with van der Waals surface area (Å²) in [4.78, 5) is 12.1. The van der Waals surface area contributed by atoms with E-state index in [0.717, 1.165) is 31.2 Å². The molecule has 1 saturated carbocycles. The fraction of sp³-hybridized carbons (Fsp3) is 0.562. The maximum atomic E-state index is 13.1. The van der Waals surface area contributed by atoms with Crippen LogP contribution in [0.3, 0.4) is 0 Å². The van der Waals surface area contributed by atoms with Gasteiger partial charge in [-0.05, 0) is 36.5 Å². The predicted octanol–water partition coefficient (Wildman–Crippen LogP) is 3.55. The Hall–Kier alpha value is -1.58. The summed E-state index contributed by atoms with van der Waals surface area (Å²) in [5.41, 5.74) is 0.658. The largest absolute Gasteiger partial charge is 0.338 e. The summed E-state index contributed by atoms with van der Waals surface area (Å²) in [6.45, 7) is 4.78. The standard InChI is InChI=1S/C16H23FN2O/c1-12(2)11-18-15(20)19-16(9-3-4-10-16)13-5-7-14(17)8-6-13/h5-8,12H,3-4,9-11H2,1-2H3,(H2,18,19,20). The first-order valence-electron chi connectivity index (χ1n) is 7.34. The van der Waals surface area contributed by atoms with Crippen LogP contribution in [0.1, 0.15) is 45.1 Å². The number of hydrogen-bond acceptors (Lipinski definition) is 1. The Bertz CT molecular complexity index is 450. The van der Waals surface area contributed by atoms with Crippen LogP contribution in [0.15, 0.2) is 24.3 Å². The summed E-state index contributed by atoms with van der Waals surface area (Å²) < 4.78 is 13.1. The van der Waals surface area contributed by atoms with Crippen LogP contribution in [0.2, 0.25) is 0 Å². The average molecular weight is 278 g/mol. The minimum Gasteiger partial charge on any atom is -0.338 e. The van der Waals surface area contributed by atoms with Gasteiger partial charge < -0.3 is 10.6 Å². The van der Waals surface area contributed by atoms with Crippen molar-refractivity contribution < 1.29 is 9.18 Å². The fourth-order valence-electron chi connectivity index (χ4n) is 2.79. The molecule has 110 valence electrons. The molecule has 0 aromatic heterocycles. The number of urea groups is 1. The molecule has 20 heavy (non-hydrogen) atoms. The van der Waals surface area contributed by atoms with E-state index < -0.39 is 0 Å². The fourth-order valence-corrected chi connectivity index (χ4v) is 2.79. The molecule has 0 spiro atoms. The second-order valence-electron chi connectivity index (χ2n) is 6.02. The van der Waals surface area contributed by atoms with Crippen molar-refractivity contribution in [3.63, 3.8) is 0 Å². The van der Waals surface area contributed by atoms with Gasteiger partial charge in [0.25, 0.3) is 0 Å². The second kappa shape index (κ2) is 6.25. The van der Waals surface area contributed by atoms with E-state index in [1.165, 1.54) is 12.1 Å². The van der Waals surface area contributed by atoms with Crippen LogP contribution >= 0.6 is 0 Å². The van der Waals surface area contributed by atoms with E-state index in [4.69, 9.17) is 0 Å². The molecule has 1 aromatic rings. The molecule has 0 radical (unpaired) electrons. The molecule has 1 aliphatic carbocycles. The molecule has 2 N–H and O–H groups in total. The average Bonchev–Trinajstić information content (AvgIpc) is 2.87. The van der Waals surface area contributed by atoms with E-state index in [9.17, 15) is 9.18 Å². The predicted molar refractivity (Wildman–Crippen MR) is 77.9 cm³/mol. The lowest BCUT2D eigenvalue weighted by Gasteiger charge is -2.31. The highest BCUT2D eigenvalue weighted by Gasteiger charge is 2.36. The van der Waals surface area contributed by atoms with E-state index in [-0.39, 0.29) is 17.4 Å². The third-order valence-electron chi connectivity index (χ3n) is 3.88. The lowest BCUT2D eigenvalue weighted by Crippen LogP contribution is -2.49. The van der Waals surface area contributed by atoms with E-state index in [1.54, 1.807) is 12.1 Å². The van der Waals surface area contributed by atoms with Gasteiger partial charge in [0.1, 0.15) is 5.82 Å². The first-order valence-corrected chi connectivity index (χ1v) is 7.34. The summed E-state index contributed by atoms with van der Waals surface area (Å²) in [6.07, 6.45) is 3.99. The van der Waals surface area contributed by atoms with Crippen molar-refractivity contribution in [3.05, 3.63) is 35.6 Å². The van der Waals surface area contributed by atoms with Crippen molar-refractivity contribution in [2.75, 3.05) is 6.54 Å². The van der Waals surface area contributed by atoms with Crippen molar-refractivity contribution >= 4 is 6.03 Å². The molecule has 3 nitrogen and oxygen atoms in total. The molecule has 2 rings (SSSR count). The van der Waals surface area contributed by atoms with E-state index in [1.807, 2.05) is 0 Å². The Kier molecular flexibility index (Phi) is 4.63. The van der Waals surface area contributed by atoms with Crippen LogP contribution in [0.4, 0.5) is 9.18 Å². The smallest absolute Gasteiger partial charge is 0.315 e. The molecule has 0 heterocycles. The van der Waals surface area contributed by atoms with Crippen molar-refractivity contribution in [1.29, 1.82) is 0 Å². The molecule has 0 saturated heterocycles. The van der Waals surface area contributed by atoms with Crippen LogP contribution in [-0.2, 0) is 5.54 Å². The Labute approximate surface area is 120 Å². The first kappa shape index (κ1) is 14.8. The monoisotopic (exact) mass is 278 g/mol. The van der Waals surface area contributed by atoms with E-state index in [2.05, 4.69) is 24.5 Å². The molecule has 1 aromatic carbocycles. The zero-order valence-electron chi connectivity index (χ0n) is 12.2. The molecule has 0 atom stereocenters. The number of hydrogen-bond donors (Lipinski definition) is 2. The third kappa shape index (κ3) is 3.50. The Morgan fingerprint density at radius 1 is 1.25 bits per heavy atom. The first-order chi connectivity index (χ1) is 9.52. The number of benzene rings is 1. The number of halogens is 1. The molecule has 1 fully saturated rings. The minimum absolute atomic E-state index is 0.134. The Balaban J connectivity index is 2.10. The summed E-state index contributed by atoms with van der Waals surface area (Å²) in [7, 11) is 0. The number of amides is 2. The van der Waals surface area contributed by atoms with Gasteiger partial charge in [-0.15, -0.1) is 0 Å².